The quantitative estimate of drug-likeness (QED) is 0.660. The summed E-state index contributed by atoms with van der Waals surface area (Å²) in [4.78, 5) is 0. The first kappa shape index (κ1) is 13.6. The van der Waals surface area contributed by atoms with Gasteiger partial charge >= 0.3 is 0 Å². The summed E-state index contributed by atoms with van der Waals surface area (Å²) in [6.45, 7) is 6.61. The Kier molecular flexibility index (Phi) is 3.61. The molecule has 1 heterocycles. The summed E-state index contributed by atoms with van der Waals surface area (Å²) in [5, 5.41) is 4.89. The van der Waals surface area contributed by atoms with E-state index in [2.05, 4.69) is 74.0 Å². The highest BCUT2D eigenvalue weighted by atomic mass is 15.3. The molecule has 3 rings (SSSR count). The Morgan fingerprint density at radius 1 is 0.857 bits per heavy atom. The minimum atomic E-state index is 0.426. The summed E-state index contributed by atoms with van der Waals surface area (Å²) in [6, 6.07) is 20.8. The Morgan fingerprint density at radius 2 is 1.43 bits per heavy atom. The number of aromatic nitrogens is 2. The summed E-state index contributed by atoms with van der Waals surface area (Å²) in [5.74, 6) is 0.426. The Hall–Kier alpha value is -2.35. The maximum absolute atomic E-state index is 4.89. The van der Waals surface area contributed by atoms with Crippen molar-refractivity contribution in [1.82, 2.24) is 9.78 Å². The van der Waals surface area contributed by atoms with Crippen LogP contribution in [0.25, 0.3) is 16.9 Å². The lowest BCUT2D eigenvalue weighted by atomic mass is 10.0. The van der Waals surface area contributed by atoms with E-state index in [1.807, 2.05) is 12.1 Å². The van der Waals surface area contributed by atoms with Crippen LogP contribution in [0, 0.1) is 6.92 Å². The molecule has 0 atom stereocenters. The van der Waals surface area contributed by atoms with Gasteiger partial charge in [0.15, 0.2) is 0 Å². The Labute approximate surface area is 126 Å². The van der Waals surface area contributed by atoms with Crippen molar-refractivity contribution in [2.45, 2.75) is 26.7 Å². The van der Waals surface area contributed by atoms with E-state index in [-0.39, 0.29) is 0 Å². The van der Waals surface area contributed by atoms with E-state index in [1.54, 1.807) is 0 Å². The molecule has 3 aromatic rings. The molecule has 21 heavy (non-hydrogen) atoms. The van der Waals surface area contributed by atoms with Gasteiger partial charge in [-0.25, -0.2) is 4.68 Å². The molecule has 0 aliphatic carbocycles. The van der Waals surface area contributed by atoms with Gasteiger partial charge in [-0.15, -0.1) is 0 Å². The van der Waals surface area contributed by atoms with Crippen molar-refractivity contribution in [3.8, 4) is 16.9 Å². The third-order valence-electron chi connectivity index (χ3n) is 3.76. The monoisotopic (exact) mass is 276 g/mol. The van der Waals surface area contributed by atoms with Crippen LogP contribution in [0.5, 0.6) is 0 Å². The average molecular weight is 276 g/mol. The molecule has 0 aliphatic heterocycles. The first-order valence-electron chi connectivity index (χ1n) is 7.39. The zero-order chi connectivity index (χ0) is 14.8. The normalized spacial score (nSPS) is 11.0. The molecule has 2 heteroatoms. The van der Waals surface area contributed by atoms with Crippen molar-refractivity contribution in [2.24, 2.45) is 0 Å². The second-order valence-electron chi connectivity index (χ2n) is 5.63. The lowest BCUT2D eigenvalue weighted by Crippen LogP contribution is -2.04. The smallest absolute Gasteiger partial charge is 0.0959 e. The molecule has 2 aromatic carbocycles. The molecular formula is C19H20N2. The van der Waals surface area contributed by atoms with E-state index in [0.29, 0.717) is 5.92 Å². The van der Waals surface area contributed by atoms with Gasteiger partial charge in [-0.1, -0.05) is 62.4 Å². The fourth-order valence-corrected chi connectivity index (χ4v) is 2.82. The third-order valence-corrected chi connectivity index (χ3v) is 3.76. The summed E-state index contributed by atoms with van der Waals surface area (Å²) >= 11 is 0. The predicted molar refractivity (Wildman–Crippen MR) is 87.8 cm³/mol. The molecule has 0 radical (unpaired) electrons. The highest BCUT2D eigenvalue weighted by molar-refractivity contribution is 5.64. The largest absolute Gasteiger partial charge is 0.237 e. The van der Waals surface area contributed by atoms with Crippen LogP contribution in [0.3, 0.4) is 0 Å². The Bertz CT molecular complexity index is 725. The van der Waals surface area contributed by atoms with Crippen LogP contribution in [-0.4, -0.2) is 9.78 Å². The maximum Gasteiger partial charge on any atom is 0.0959 e. The van der Waals surface area contributed by atoms with Crippen molar-refractivity contribution in [3.05, 3.63) is 71.9 Å². The SMILES string of the molecule is Cc1c(-c2ccccc2)nn(-c2ccccc2)c1C(C)C. The van der Waals surface area contributed by atoms with Gasteiger partial charge in [0, 0.05) is 5.56 Å². The highest BCUT2D eigenvalue weighted by Crippen LogP contribution is 2.30. The van der Waals surface area contributed by atoms with E-state index in [9.17, 15) is 0 Å². The molecule has 0 aliphatic rings. The van der Waals surface area contributed by atoms with E-state index in [1.165, 1.54) is 16.8 Å². The molecule has 0 saturated carbocycles. The van der Waals surface area contributed by atoms with E-state index >= 15 is 0 Å². The van der Waals surface area contributed by atoms with Gasteiger partial charge in [0.1, 0.15) is 0 Å². The first-order valence-corrected chi connectivity index (χ1v) is 7.39. The number of nitrogens with zero attached hydrogens (tertiary/aromatic N) is 2. The predicted octanol–water partition coefficient (Wildman–Crippen LogP) is 4.97. The third kappa shape index (κ3) is 2.49. The Balaban J connectivity index is 2.22. The van der Waals surface area contributed by atoms with Gasteiger partial charge < -0.3 is 0 Å². The minimum absolute atomic E-state index is 0.426. The van der Waals surface area contributed by atoms with Crippen LogP contribution in [0.15, 0.2) is 60.7 Å². The molecule has 0 fully saturated rings. The van der Waals surface area contributed by atoms with E-state index < -0.39 is 0 Å². The molecule has 2 nitrogen and oxygen atoms in total. The van der Waals surface area contributed by atoms with Crippen molar-refractivity contribution in [2.75, 3.05) is 0 Å². The van der Waals surface area contributed by atoms with E-state index in [0.717, 1.165) is 11.4 Å². The average Bonchev–Trinajstić information content (AvgIpc) is 2.87. The Morgan fingerprint density at radius 3 is 2.00 bits per heavy atom. The standard InChI is InChI=1S/C19H20N2/c1-14(2)19-15(3)18(16-10-6-4-7-11-16)20-21(19)17-12-8-5-9-13-17/h4-14H,1-3H3. The van der Waals surface area contributed by atoms with Gasteiger partial charge in [-0.3, -0.25) is 0 Å². The topological polar surface area (TPSA) is 17.8 Å². The molecule has 106 valence electrons. The van der Waals surface area contributed by atoms with Crippen LogP contribution < -0.4 is 0 Å². The summed E-state index contributed by atoms with van der Waals surface area (Å²) < 4.78 is 2.09. The van der Waals surface area contributed by atoms with Crippen LogP contribution in [-0.2, 0) is 0 Å². The van der Waals surface area contributed by atoms with Crippen molar-refractivity contribution >= 4 is 0 Å². The fraction of sp³-hybridized carbons (Fsp3) is 0.211. The van der Waals surface area contributed by atoms with Gasteiger partial charge in [0.05, 0.1) is 17.1 Å². The second-order valence-corrected chi connectivity index (χ2v) is 5.63. The molecule has 0 bridgehead atoms. The number of rotatable bonds is 3. The van der Waals surface area contributed by atoms with Crippen LogP contribution in [0.1, 0.15) is 31.0 Å². The maximum atomic E-state index is 4.89. The molecule has 0 unspecified atom stereocenters. The van der Waals surface area contributed by atoms with Gasteiger partial charge in [-0.2, -0.15) is 5.10 Å². The number of benzene rings is 2. The molecule has 0 saturated heterocycles. The van der Waals surface area contributed by atoms with Gasteiger partial charge in [0.2, 0.25) is 0 Å². The molecular weight excluding hydrogens is 256 g/mol. The molecule has 0 spiro atoms. The van der Waals surface area contributed by atoms with Crippen LogP contribution >= 0.6 is 0 Å². The summed E-state index contributed by atoms with van der Waals surface area (Å²) in [7, 11) is 0. The zero-order valence-electron chi connectivity index (χ0n) is 12.7. The summed E-state index contributed by atoms with van der Waals surface area (Å²) in [5.41, 5.74) is 5.90. The van der Waals surface area contributed by atoms with Crippen molar-refractivity contribution < 1.29 is 0 Å². The lowest BCUT2D eigenvalue weighted by molar-refractivity contribution is 0.731. The molecule has 1 aromatic heterocycles. The summed E-state index contributed by atoms with van der Waals surface area (Å²) in [6.07, 6.45) is 0. The van der Waals surface area contributed by atoms with Crippen LogP contribution in [0.2, 0.25) is 0 Å². The van der Waals surface area contributed by atoms with E-state index in [4.69, 9.17) is 5.10 Å². The van der Waals surface area contributed by atoms with Gasteiger partial charge in [-0.05, 0) is 30.5 Å². The molecule has 0 amide bonds. The number of hydrogen-bond acceptors (Lipinski definition) is 1. The second kappa shape index (κ2) is 5.57. The van der Waals surface area contributed by atoms with Gasteiger partial charge in [0.25, 0.3) is 0 Å². The first-order chi connectivity index (χ1) is 10.2. The fourth-order valence-electron chi connectivity index (χ4n) is 2.82. The highest BCUT2D eigenvalue weighted by Gasteiger charge is 2.18. The lowest BCUT2D eigenvalue weighted by Gasteiger charge is -2.11. The number of hydrogen-bond donors (Lipinski definition) is 0. The van der Waals surface area contributed by atoms with Crippen molar-refractivity contribution in [1.29, 1.82) is 0 Å². The van der Waals surface area contributed by atoms with Crippen molar-refractivity contribution in [3.63, 3.8) is 0 Å². The zero-order valence-corrected chi connectivity index (χ0v) is 12.7. The molecule has 0 N–H and O–H groups in total. The minimum Gasteiger partial charge on any atom is -0.237 e. The van der Waals surface area contributed by atoms with Crippen LogP contribution in [0.4, 0.5) is 0 Å². The number of para-hydroxylation sites is 1.